The quantitative estimate of drug-likeness (QED) is 0.188. The maximum atomic E-state index is 6.61. The molecular weight excluding hydrogens is 789 g/mol. The molecule has 4 heterocycles. The minimum absolute atomic E-state index is 0.340. The third-order valence-corrected chi connectivity index (χ3v) is 14.0. The number of thiophene rings is 1. The number of rotatable bonds is 5. The fourth-order valence-electron chi connectivity index (χ4n) is 10.1. The van der Waals surface area contributed by atoms with Gasteiger partial charge in [-0.25, -0.2) is 9.98 Å². The normalized spacial score (nSPS) is 15.4. The molecule has 13 rings (SSSR count). The fraction of sp³-hybridized carbons (Fsp3) is 0.0351. The summed E-state index contributed by atoms with van der Waals surface area (Å²) in [5.41, 5.74) is 14.4. The van der Waals surface area contributed by atoms with Gasteiger partial charge in [0.1, 0.15) is 23.5 Å². The van der Waals surface area contributed by atoms with Gasteiger partial charge in [-0.3, -0.25) is 4.98 Å². The number of benzene rings is 8. The van der Waals surface area contributed by atoms with E-state index in [-0.39, 0.29) is 6.17 Å². The number of aromatic nitrogens is 1. The van der Waals surface area contributed by atoms with Gasteiger partial charge in [-0.1, -0.05) is 158 Å². The first kappa shape index (κ1) is 35.8. The third-order valence-electron chi connectivity index (χ3n) is 12.9. The zero-order valence-corrected chi connectivity index (χ0v) is 34.7. The van der Waals surface area contributed by atoms with Crippen LogP contribution in [0.4, 0.5) is 0 Å². The lowest BCUT2D eigenvalue weighted by Gasteiger charge is -2.39. The molecule has 1 spiro atoms. The van der Waals surface area contributed by atoms with Crippen molar-refractivity contribution in [1.29, 1.82) is 0 Å². The number of fused-ring (bicyclic) bond motifs is 12. The monoisotopic (exact) mass is 824 g/mol. The smallest absolute Gasteiger partial charge is 0.161 e. The van der Waals surface area contributed by atoms with Gasteiger partial charge in [-0.15, -0.1) is 11.3 Å². The van der Waals surface area contributed by atoms with Gasteiger partial charge in [0.25, 0.3) is 0 Å². The zero-order valence-electron chi connectivity index (χ0n) is 33.9. The third kappa shape index (κ3) is 5.51. The van der Waals surface area contributed by atoms with E-state index in [2.05, 4.69) is 187 Å². The molecule has 1 atom stereocenters. The van der Waals surface area contributed by atoms with E-state index in [1.807, 2.05) is 24.5 Å². The second-order valence-corrected chi connectivity index (χ2v) is 17.4. The molecule has 8 aromatic carbocycles. The molecule has 0 saturated carbocycles. The molecule has 5 nitrogen and oxygen atoms in total. The highest BCUT2D eigenvalue weighted by atomic mass is 32.1. The maximum absolute atomic E-state index is 6.61. The Hall–Kier alpha value is -7.93. The molecule has 1 N–H and O–H groups in total. The second kappa shape index (κ2) is 14.1. The lowest BCUT2D eigenvalue weighted by atomic mass is 9.66. The van der Waals surface area contributed by atoms with E-state index in [1.165, 1.54) is 27.0 Å². The van der Waals surface area contributed by atoms with Crippen LogP contribution in [0.15, 0.2) is 217 Å². The Morgan fingerprint density at radius 1 is 0.476 bits per heavy atom. The molecule has 0 fully saturated rings. The van der Waals surface area contributed by atoms with Crippen molar-refractivity contribution < 1.29 is 4.74 Å². The van der Waals surface area contributed by atoms with E-state index < -0.39 is 5.41 Å². The summed E-state index contributed by atoms with van der Waals surface area (Å²) in [7, 11) is 0. The highest BCUT2D eigenvalue weighted by Crippen LogP contribution is 2.62. The van der Waals surface area contributed by atoms with Gasteiger partial charge in [0.2, 0.25) is 0 Å². The first-order chi connectivity index (χ1) is 31.2. The van der Waals surface area contributed by atoms with Crippen molar-refractivity contribution in [1.82, 2.24) is 10.3 Å². The number of aliphatic imine (C=N–C) groups is 2. The summed E-state index contributed by atoms with van der Waals surface area (Å²) in [5, 5.41) is 5.94. The van der Waals surface area contributed by atoms with Gasteiger partial charge in [-0.2, -0.15) is 0 Å². The van der Waals surface area contributed by atoms with E-state index in [4.69, 9.17) is 19.7 Å². The SMILES string of the molecule is c1ccc(-c2cccc(C3=NC(c4cncc5sc6ccc(-c7ccc8c(c7)C7(c9ccccc9Oc9ccccc97)c7ccccc7-8)cc6c45)=NC(c4ccccc4)N3)c2)cc1. The molecule has 2 aromatic heterocycles. The van der Waals surface area contributed by atoms with E-state index in [1.54, 1.807) is 11.3 Å². The summed E-state index contributed by atoms with van der Waals surface area (Å²) in [4.78, 5) is 15.4. The minimum atomic E-state index is -0.538. The van der Waals surface area contributed by atoms with Gasteiger partial charge in [0, 0.05) is 50.1 Å². The minimum Gasteiger partial charge on any atom is -0.457 e. The van der Waals surface area contributed by atoms with Crippen LogP contribution in [0.3, 0.4) is 0 Å². The summed E-state index contributed by atoms with van der Waals surface area (Å²) >= 11 is 1.76. The van der Waals surface area contributed by atoms with Crippen LogP contribution in [0.1, 0.15) is 45.1 Å². The van der Waals surface area contributed by atoms with Crippen molar-refractivity contribution in [2.75, 3.05) is 0 Å². The van der Waals surface area contributed by atoms with Gasteiger partial charge < -0.3 is 10.1 Å². The number of ether oxygens (including phenoxy) is 1. The predicted molar refractivity (Wildman–Crippen MR) is 257 cm³/mol. The number of nitrogens with one attached hydrogen (secondary N) is 1. The van der Waals surface area contributed by atoms with Gasteiger partial charge >= 0.3 is 0 Å². The van der Waals surface area contributed by atoms with Gasteiger partial charge in [0.15, 0.2) is 5.84 Å². The van der Waals surface area contributed by atoms with Crippen LogP contribution >= 0.6 is 11.3 Å². The molecule has 0 radical (unpaired) electrons. The lowest BCUT2D eigenvalue weighted by molar-refractivity contribution is 0.436. The van der Waals surface area contributed by atoms with E-state index in [9.17, 15) is 0 Å². The van der Waals surface area contributed by atoms with Crippen LogP contribution in [0.2, 0.25) is 0 Å². The standard InChI is InChI=1S/C57H36N4OS/c1-3-14-35(15-4-1)37-18-13-19-40(30-37)55-59-54(36-16-5-2-6-17-36)60-56(61-55)44-33-58-34-52-53(44)43-31-38(27-29-51(43)63-52)39-26-28-42-41-20-7-8-21-45(41)57(48(42)32-39)46-22-9-11-24-49(46)62-50-25-12-10-23-47(50)57/h1-34,54H,(H,59,60,61). The molecular formula is C57H36N4OS. The van der Waals surface area contributed by atoms with Crippen molar-refractivity contribution in [3.8, 4) is 44.9 Å². The Morgan fingerprint density at radius 2 is 1.11 bits per heavy atom. The topological polar surface area (TPSA) is 58.9 Å². The molecule has 10 aromatic rings. The van der Waals surface area contributed by atoms with Crippen molar-refractivity contribution in [2.24, 2.45) is 9.98 Å². The Morgan fingerprint density at radius 3 is 1.92 bits per heavy atom. The van der Waals surface area contributed by atoms with E-state index in [0.717, 1.165) is 82.9 Å². The molecule has 0 saturated heterocycles. The Bertz CT molecular complexity index is 3490. The van der Waals surface area contributed by atoms with E-state index in [0.29, 0.717) is 5.84 Å². The molecule has 1 unspecified atom stereocenters. The number of amidine groups is 2. The van der Waals surface area contributed by atoms with Crippen molar-refractivity contribution >= 4 is 43.2 Å². The van der Waals surface area contributed by atoms with Crippen LogP contribution in [0.25, 0.3) is 53.6 Å². The highest BCUT2D eigenvalue weighted by molar-refractivity contribution is 7.25. The summed E-state index contributed by atoms with van der Waals surface area (Å²) in [6.07, 6.45) is 3.57. The largest absolute Gasteiger partial charge is 0.457 e. The number of para-hydroxylation sites is 2. The van der Waals surface area contributed by atoms with Crippen molar-refractivity contribution in [2.45, 2.75) is 11.6 Å². The van der Waals surface area contributed by atoms with Crippen LogP contribution in [0, 0.1) is 0 Å². The highest BCUT2D eigenvalue weighted by Gasteiger charge is 2.51. The zero-order chi connectivity index (χ0) is 41.5. The average molecular weight is 825 g/mol. The Kier molecular flexibility index (Phi) is 7.99. The van der Waals surface area contributed by atoms with Gasteiger partial charge in [-0.05, 0) is 86.5 Å². The van der Waals surface area contributed by atoms with Crippen LogP contribution in [0.5, 0.6) is 11.5 Å². The molecule has 2 aliphatic heterocycles. The van der Waals surface area contributed by atoms with Crippen LogP contribution in [-0.4, -0.2) is 16.7 Å². The van der Waals surface area contributed by atoms with E-state index >= 15 is 0 Å². The molecule has 0 amide bonds. The molecule has 63 heavy (non-hydrogen) atoms. The Labute approximate surface area is 368 Å². The molecule has 296 valence electrons. The second-order valence-electron chi connectivity index (χ2n) is 16.3. The molecule has 6 heteroatoms. The van der Waals surface area contributed by atoms with Crippen molar-refractivity contribution in [3.05, 3.63) is 245 Å². The number of hydrogen-bond acceptors (Lipinski definition) is 6. The number of nitrogens with zero attached hydrogens (tertiary/aromatic N) is 3. The predicted octanol–water partition coefficient (Wildman–Crippen LogP) is 13.7. The lowest BCUT2D eigenvalue weighted by Crippen LogP contribution is -2.33. The van der Waals surface area contributed by atoms with Crippen molar-refractivity contribution in [3.63, 3.8) is 0 Å². The summed E-state index contributed by atoms with van der Waals surface area (Å²) < 4.78 is 8.90. The van der Waals surface area contributed by atoms with Crippen LogP contribution in [-0.2, 0) is 5.41 Å². The molecule has 0 bridgehead atoms. The molecule has 3 aliphatic rings. The van der Waals surface area contributed by atoms with Crippen LogP contribution < -0.4 is 10.1 Å². The fourth-order valence-corrected chi connectivity index (χ4v) is 11.2. The maximum Gasteiger partial charge on any atom is 0.161 e. The number of pyridine rings is 1. The molecule has 1 aliphatic carbocycles. The Balaban J connectivity index is 0.979. The first-order valence-electron chi connectivity index (χ1n) is 21.3. The summed E-state index contributed by atoms with van der Waals surface area (Å²) in [6.45, 7) is 0. The van der Waals surface area contributed by atoms with Gasteiger partial charge in [0.05, 0.1) is 10.1 Å². The summed E-state index contributed by atoms with van der Waals surface area (Å²) in [6, 6.07) is 69.3. The average Bonchev–Trinajstić information content (AvgIpc) is 3.88. The first-order valence-corrected chi connectivity index (χ1v) is 22.1. The summed E-state index contributed by atoms with van der Waals surface area (Å²) in [5.74, 6) is 3.21. The number of hydrogen-bond donors (Lipinski definition) is 1.